The molecule has 1 fully saturated rings. The lowest BCUT2D eigenvalue weighted by molar-refractivity contribution is 0.0951. The highest BCUT2D eigenvalue weighted by Crippen LogP contribution is 2.39. The first-order chi connectivity index (χ1) is 17.9. The average molecular weight is 513 g/mol. The number of hydrogen-bond donors (Lipinski definition) is 3. The number of ether oxygens (including phenoxy) is 1. The number of carbonyl (C=O) groups excluding carboxylic acids is 2. The maximum Gasteiger partial charge on any atom is 0.413 e. The second kappa shape index (κ2) is 10.8. The van der Waals surface area contributed by atoms with Crippen molar-refractivity contribution in [3.05, 3.63) is 95.1 Å². The number of nitrogens with one attached hydrogen (secondary N) is 3. The Kier molecular flexibility index (Phi) is 7.18. The van der Waals surface area contributed by atoms with Crippen molar-refractivity contribution in [2.45, 2.75) is 39.3 Å². The quantitative estimate of drug-likeness (QED) is 0.256. The number of nitrogens with zero attached hydrogens (tertiary/aromatic N) is 1. The third kappa shape index (κ3) is 6.34. The van der Waals surface area contributed by atoms with E-state index in [2.05, 4.69) is 16.0 Å². The Morgan fingerprint density at radius 3 is 2.49 bits per heavy atom. The molecule has 1 saturated carbocycles. The zero-order chi connectivity index (χ0) is 25.8. The van der Waals surface area contributed by atoms with E-state index in [-0.39, 0.29) is 11.9 Å². The number of aryl methyl sites for hydroxylation is 2. The van der Waals surface area contributed by atoms with Gasteiger partial charge in [0.2, 0.25) is 5.06 Å². The van der Waals surface area contributed by atoms with E-state index in [1.807, 2.05) is 86.6 Å². The highest BCUT2D eigenvalue weighted by atomic mass is 32.1. The van der Waals surface area contributed by atoms with E-state index < -0.39 is 6.09 Å². The summed E-state index contributed by atoms with van der Waals surface area (Å²) in [6.45, 7) is 4.34. The van der Waals surface area contributed by atoms with E-state index in [1.165, 1.54) is 11.3 Å². The van der Waals surface area contributed by atoms with Gasteiger partial charge in [0, 0.05) is 29.4 Å². The molecule has 0 saturated heterocycles. The van der Waals surface area contributed by atoms with Crippen molar-refractivity contribution in [2.24, 2.45) is 0 Å². The molecule has 0 bridgehead atoms. The van der Waals surface area contributed by atoms with Gasteiger partial charge in [0.15, 0.2) is 5.13 Å². The number of benzene rings is 3. The monoisotopic (exact) mass is 512 g/mol. The van der Waals surface area contributed by atoms with Gasteiger partial charge in [-0.25, -0.2) is 9.78 Å². The minimum absolute atomic E-state index is 0.0795. The Morgan fingerprint density at radius 1 is 1.00 bits per heavy atom. The minimum Gasteiger partial charge on any atom is -0.397 e. The lowest BCUT2D eigenvalue weighted by Crippen LogP contribution is -2.26. The summed E-state index contributed by atoms with van der Waals surface area (Å²) < 4.78 is 5.72. The molecule has 1 aromatic heterocycles. The lowest BCUT2D eigenvalue weighted by atomic mass is 10.1. The molecule has 8 heteroatoms. The predicted octanol–water partition coefficient (Wildman–Crippen LogP) is 6.35. The fourth-order valence-electron chi connectivity index (χ4n) is 3.72. The van der Waals surface area contributed by atoms with Gasteiger partial charge in [-0.3, -0.25) is 4.79 Å². The van der Waals surface area contributed by atoms with Gasteiger partial charge in [0.25, 0.3) is 5.91 Å². The lowest BCUT2D eigenvalue weighted by Gasteiger charge is -2.10. The van der Waals surface area contributed by atoms with Crippen LogP contribution in [0.25, 0.3) is 11.3 Å². The maximum absolute atomic E-state index is 12.6. The van der Waals surface area contributed by atoms with E-state index in [0.29, 0.717) is 28.0 Å². The molecule has 0 atom stereocenters. The van der Waals surface area contributed by atoms with Gasteiger partial charge in [-0.2, -0.15) is 0 Å². The van der Waals surface area contributed by atoms with Crippen molar-refractivity contribution in [1.29, 1.82) is 0 Å². The minimum atomic E-state index is -0.553. The van der Waals surface area contributed by atoms with Crippen LogP contribution in [0.2, 0.25) is 0 Å². The number of rotatable bonds is 8. The number of amides is 2. The van der Waals surface area contributed by atoms with Crippen LogP contribution in [0.4, 0.5) is 15.6 Å². The molecular formula is C29H28N4O3S. The van der Waals surface area contributed by atoms with E-state index in [0.717, 1.165) is 40.8 Å². The third-order valence-electron chi connectivity index (χ3n) is 6.04. The number of anilines is 2. The Morgan fingerprint density at radius 2 is 1.76 bits per heavy atom. The highest BCUT2D eigenvalue weighted by Gasteiger charge is 2.24. The maximum atomic E-state index is 12.6. The van der Waals surface area contributed by atoms with Gasteiger partial charge in [-0.15, -0.1) is 0 Å². The summed E-state index contributed by atoms with van der Waals surface area (Å²) in [5.74, 6) is -0.0795. The summed E-state index contributed by atoms with van der Waals surface area (Å²) in [6.07, 6.45) is 1.51. The topological polar surface area (TPSA) is 92.3 Å². The van der Waals surface area contributed by atoms with Crippen LogP contribution in [0.15, 0.2) is 72.8 Å². The standard InChI is InChI=1S/C29H28N4O3S/c1-18-8-11-21(12-9-18)25-27(36-29(35)30-17-20-6-4-3-5-7-20)37-28(33-25)32-24-16-22(13-10-19(24)2)26(34)31-23-14-15-23/h3-13,16,23H,14-15,17H2,1-2H3,(H,30,35)(H,31,34)(H,32,33). The molecule has 1 aliphatic rings. The van der Waals surface area contributed by atoms with Crippen molar-refractivity contribution in [3.8, 4) is 16.3 Å². The van der Waals surface area contributed by atoms with Crippen molar-refractivity contribution in [1.82, 2.24) is 15.6 Å². The van der Waals surface area contributed by atoms with Crippen LogP contribution in [-0.2, 0) is 6.54 Å². The molecule has 3 N–H and O–H groups in total. The second-order valence-corrected chi connectivity index (χ2v) is 10.1. The Balaban J connectivity index is 1.37. The predicted molar refractivity (Wildman–Crippen MR) is 147 cm³/mol. The van der Waals surface area contributed by atoms with Crippen LogP contribution in [-0.4, -0.2) is 23.0 Å². The second-order valence-electron chi connectivity index (χ2n) is 9.15. The normalized spacial score (nSPS) is 12.6. The van der Waals surface area contributed by atoms with Crippen LogP contribution < -0.4 is 20.7 Å². The first-order valence-corrected chi connectivity index (χ1v) is 13.0. The van der Waals surface area contributed by atoms with Crippen molar-refractivity contribution in [2.75, 3.05) is 5.32 Å². The zero-order valence-electron chi connectivity index (χ0n) is 20.7. The smallest absolute Gasteiger partial charge is 0.397 e. The van der Waals surface area contributed by atoms with Gasteiger partial charge in [-0.1, -0.05) is 77.6 Å². The summed E-state index contributed by atoms with van der Waals surface area (Å²) in [5, 5.41) is 10.1. The molecule has 0 radical (unpaired) electrons. The summed E-state index contributed by atoms with van der Waals surface area (Å²) in [5.41, 5.74) is 5.85. The van der Waals surface area contributed by atoms with Gasteiger partial charge < -0.3 is 20.7 Å². The molecule has 1 aliphatic carbocycles. The van der Waals surface area contributed by atoms with Gasteiger partial charge in [-0.05, 0) is 49.9 Å². The number of hydrogen-bond acceptors (Lipinski definition) is 6. The molecule has 3 aromatic carbocycles. The Bertz CT molecular complexity index is 1410. The molecule has 0 spiro atoms. The van der Waals surface area contributed by atoms with Crippen LogP contribution in [0.5, 0.6) is 5.06 Å². The fraction of sp³-hybridized carbons (Fsp3) is 0.207. The first kappa shape index (κ1) is 24.5. The number of thiazole rings is 1. The van der Waals surface area contributed by atoms with E-state index in [1.54, 1.807) is 0 Å². The molecule has 1 heterocycles. The Labute approximate surface area is 219 Å². The highest BCUT2D eigenvalue weighted by molar-refractivity contribution is 7.18. The zero-order valence-corrected chi connectivity index (χ0v) is 21.5. The molecule has 7 nitrogen and oxygen atoms in total. The van der Waals surface area contributed by atoms with Gasteiger partial charge in [0.1, 0.15) is 5.69 Å². The van der Waals surface area contributed by atoms with E-state index in [4.69, 9.17) is 9.72 Å². The van der Waals surface area contributed by atoms with Gasteiger partial charge >= 0.3 is 6.09 Å². The summed E-state index contributed by atoms with van der Waals surface area (Å²) in [6, 6.07) is 23.4. The van der Waals surface area contributed by atoms with Crippen molar-refractivity contribution < 1.29 is 14.3 Å². The van der Waals surface area contributed by atoms with E-state index in [9.17, 15) is 9.59 Å². The molecule has 0 unspecified atom stereocenters. The fourth-order valence-corrected chi connectivity index (χ4v) is 4.57. The first-order valence-electron chi connectivity index (χ1n) is 12.2. The molecule has 4 aromatic rings. The molecular weight excluding hydrogens is 484 g/mol. The van der Waals surface area contributed by atoms with Crippen molar-refractivity contribution in [3.63, 3.8) is 0 Å². The van der Waals surface area contributed by atoms with Crippen LogP contribution >= 0.6 is 11.3 Å². The summed E-state index contributed by atoms with van der Waals surface area (Å²) in [7, 11) is 0. The number of aromatic nitrogens is 1. The molecule has 188 valence electrons. The molecule has 37 heavy (non-hydrogen) atoms. The molecule has 2 amide bonds. The van der Waals surface area contributed by atoms with Gasteiger partial charge in [0.05, 0.1) is 0 Å². The SMILES string of the molecule is Cc1ccc(-c2nc(Nc3cc(C(=O)NC4CC4)ccc3C)sc2OC(=O)NCc2ccccc2)cc1. The molecule has 0 aliphatic heterocycles. The van der Waals surface area contributed by atoms with Crippen molar-refractivity contribution >= 4 is 34.2 Å². The average Bonchev–Trinajstić information content (AvgIpc) is 3.63. The van der Waals surface area contributed by atoms with E-state index >= 15 is 0 Å². The summed E-state index contributed by atoms with van der Waals surface area (Å²) in [4.78, 5) is 29.9. The largest absolute Gasteiger partial charge is 0.413 e. The number of carbonyl (C=O) groups is 2. The third-order valence-corrected chi connectivity index (χ3v) is 6.89. The van der Waals surface area contributed by atoms with Crippen LogP contribution in [0.3, 0.4) is 0 Å². The molecule has 5 rings (SSSR count). The van der Waals surface area contributed by atoms with Crippen LogP contribution in [0, 0.1) is 13.8 Å². The summed E-state index contributed by atoms with van der Waals surface area (Å²) >= 11 is 1.24. The Hall–Kier alpha value is -4.17. The van der Waals surface area contributed by atoms with Crippen LogP contribution in [0.1, 0.15) is 39.9 Å².